The largest absolute Gasteiger partial charge is 0.379 e. The molecule has 1 N–H and O–H groups in total. The number of rotatable bonds is 5. The minimum Gasteiger partial charge on any atom is -0.379 e. The third kappa shape index (κ3) is 4.95. The van der Waals surface area contributed by atoms with Crippen molar-refractivity contribution >= 4 is 29.1 Å². The van der Waals surface area contributed by atoms with Gasteiger partial charge in [-0.05, 0) is 23.8 Å². The standard InChI is InChI=1S/C19H20Cl2N2O2/c20-15-6-7-16(17(21)12-15)19(24)22-18(14-4-2-1-3-5-14)13-23-8-10-25-11-9-23/h1-7,12,18H,8-11,13H2,(H,22,24). The first-order valence-corrected chi connectivity index (χ1v) is 9.00. The fourth-order valence-corrected chi connectivity index (χ4v) is 3.37. The van der Waals surface area contributed by atoms with Crippen molar-refractivity contribution in [3.8, 4) is 0 Å². The lowest BCUT2D eigenvalue weighted by Gasteiger charge is -2.31. The van der Waals surface area contributed by atoms with E-state index in [0.29, 0.717) is 15.6 Å². The Labute approximate surface area is 157 Å². The zero-order valence-electron chi connectivity index (χ0n) is 13.8. The van der Waals surface area contributed by atoms with E-state index in [1.54, 1.807) is 18.2 Å². The summed E-state index contributed by atoms with van der Waals surface area (Å²) in [5.41, 5.74) is 1.49. The Hall–Kier alpha value is -1.59. The molecule has 132 valence electrons. The number of morpholine rings is 1. The Morgan fingerprint density at radius 2 is 1.84 bits per heavy atom. The summed E-state index contributed by atoms with van der Waals surface area (Å²) in [6, 6.07) is 14.7. The van der Waals surface area contributed by atoms with Crippen molar-refractivity contribution in [3.63, 3.8) is 0 Å². The molecule has 0 bridgehead atoms. The maximum absolute atomic E-state index is 12.7. The number of nitrogens with one attached hydrogen (secondary N) is 1. The molecule has 2 aromatic carbocycles. The second kappa shape index (κ2) is 8.68. The molecule has 1 atom stereocenters. The average Bonchev–Trinajstić information content (AvgIpc) is 2.62. The van der Waals surface area contributed by atoms with Crippen LogP contribution in [0.25, 0.3) is 0 Å². The lowest BCUT2D eigenvalue weighted by Crippen LogP contribution is -2.43. The van der Waals surface area contributed by atoms with E-state index in [9.17, 15) is 4.79 Å². The molecule has 1 aliphatic rings. The molecule has 0 aliphatic carbocycles. The summed E-state index contributed by atoms with van der Waals surface area (Å²) in [5.74, 6) is -0.205. The van der Waals surface area contributed by atoms with Crippen LogP contribution in [0, 0.1) is 0 Å². The van der Waals surface area contributed by atoms with Crippen molar-refractivity contribution in [1.82, 2.24) is 10.2 Å². The van der Waals surface area contributed by atoms with Gasteiger partial charge in [0.25, 0.3) is 5.91 Å². The Kier molecular flexibility index (Phi) is 6.32. The lowest BCUT2D eigenvalue weighted by molar-refractivity contribution is 0.0332. The van der Waals surface area contributed by atoms with Crippen LogP contribution in [0.3, 0.4) is 0 Å². The van der Waals surface area contributed by atoms with Gasteiger partial charge in [0.15, 0.2) is 0 Å². The maximum Gasteiger partial charge on any atom is 0.253 e. The van der Waals surface area contributed by atoms with E-state index in [2.05, 4.69) is 10.2 Å². The number of carbonyl (C=O) groups is 1. The third-order valence-corrected chi connectivity index (χ3v) is 4.78. The highest BCUT2D eigenvalue weighted by Gasteiger charge is 2.21. The van der Waals surface area contributed by atoms with Gasteiger partial charge in [-0.15, -0.1) is 0 Å². The van der Waals surface area contributed by atoms with Gasteiger partial charge in [0.1, 0.15) is 0 Å². The Morgan fingerprint density at radius 3 is 2.52 bits per heavy atom. The Bertz CT molecular complexity index is 719. The normalized spacial score (nSPS) is 16.4. The molecule has 0 saturated carbocycles. The van der Waals surface area contributed by atoms with E-state index in [4.69, 9.17) is 27.9 Å². The zero-order valence-corrected chi connectivity index (χ0v) is 15.3. The average molecular weight is 379 g/mol. The predicted octanol–water partition coefficient (Wildman–Crippen LogP) is 3.80. The number of hydrogen-bond acceptors (Lipinski definition) is 3. The van der Waals surface area contributed by atoms with E-state index in [1.165, 1.54) is 0 Å². The monoisotopic (exact) mass is 378 g/mol. The van der Waals surface area contributed by atoms with E-state index >= 15 is 0 Å². The van der Waals surface area contributed by atoms with Gasteiger partial charge in [0, 0.05) is 24.7 Å². The fraction of sp³-hybridized carbons (Fsp3) is 0.316. The minimum atomic E-state index is -0.205. The highest BCUT2D eigenvalue weighted by atomic mass is 35.5. The number of nitrogens with zero attached hydrogens (tertiary/aromatic N) is 1. The number of benzene rings is 2. The van der Waals surface area contributed by atoms with Crippen LogP contribution in [0.4, 0.5) is 0 Å². The molecule has 1 heterocycles. The molecule has 1 saturated heterocycles. The van der Waals surface area contributed by atoms with Crippen LogP contribution in [0.2, 0.25) is 10.0 Å². The van der Waals surface area contributed by atoms with Gasteiger partial charge in [0.05, 0.1) is 29.8 Å². The first-order chi connectivity index (χ1) is 12.1. The van der Waals surface area contributed by atoms with Crippen molar-refractivity contribution in [2.45, 2.75) is 6.04 Å². The smallest absolute Gasteiger partial charge is 0.253 e. The highest BCUT2D eigenvalue weighted by Crippen LogP contribution is 2.22. The number of ether oxygens (including phenoxy) is 1. The first kappa shape index (κ1) is 18.2. The molecule has 0 aromatic heterocycles. The van der Waals surface area contributed by atoms with Crippen molar-refractivity contribution in [1.29, 1.82) is 0 Å². The summed E-state index contributed by atoms with van der Waals surface area (Å²) in [7, 11) is 0. The summed E-state index contributed by atoms with van der Waals surface area (Å²) in [6.45, 7) is 3.89. The highest BCUT2D eigenvalue weighted by molar-refractivity contribution is 6.36. The maximum atomic E-state index is 12.7. The summed E-state index contributed by atoms with van der Waals surface area (Å²) < 4.78 is 5.41. The molecular weight excluding hydrogens is 359 g/mol. The number of hydrogen-bond donors (Lipinski definition) is 1. The summed E-state index contributed by atoms with van der Waals surface area (Å²) >= 11 is 12.1. The van der Waals surface area contributed by atoms with Crippen molar-refractivity contribution in [3.05, 3.63) is 69.7 Å². The van der Waals surface area contributed by atoms with Gasteiger partial charge in [0.2, 0.25) is 0 Å². The first-order valence-electron chi connectivity index (χ1n) is 8.24. The number of amides is 1. The third-order valence-electron chi connectivity index (χ3n) is 4.23. The second-order valence-electron chi connectivity index (χ2n) is 5.97. The van der Waals surface area contributed by atoms with E-state index < -0.39 is 0 Å². The van der Waals surface area contributed by atoms with Crippen LogP contribution >= 0.6 is 23.2 Å². The molecule has 1 unspecified atom stereocenters. The van der Waals surface area contributed by atoms with Crippen LogP contribution < -0.4 is 5.32 Å². The second-order valence-corrected chi connectivity index (χ2v) is 6.82. The molecule has 0 radical (unpaired) electrons. The number of carbonyl (C=O) groups excluding carboxylic acids is 1. The van der Waals surface area contributed by atoms with Gasteiger partial charge in [-0.3, -0.25) is 9.69 Å². The zero-order chi connectivity index (χ0) is 17.6. The van der Waals surface area contributed by atoms with Crippen LogP contribution in [-0.2, 0) is 4.74 Å². The lowest BCUT2D eigenvalue weighted by atomic mass is 10.1. The van der Waals surface area contributed by atoms with Crippen molar-refractivity contribution in [2.75, 3.05) is 32.8 Å². The van der Waals surface area contributed by atoms with Gasteiger partial charge in [-0.1, -0.05) is 53.5 Å². The molecule has 0 spiro atoms. The molecule has 1 fully saturated rings. The van der Waals surface area contributed by atoms with E-state index in [1.807, 2.05) is 30.3 Å². The summed E-state index contributed by atoms with van der Waals surface area (Å²) in [5, 5.41) is 3.97. The fourth-order valence-electron chi connectivity index (χ4n) is 2.87. The molecule has 25 heavy (non-hydrogen) atoms. The van der Waals surface area contributed by atoms with Crippen LogP contribution in [-0.4, -0.2) is 43.7 Å². The molecule has 2 aromatic rings. The molecule has 1 aliphatic heterocycles. The topological polar surface area (TPSA) is 41.6 Å². The summed E-state index contributed by atoms with van der Waals surface area (Å²) in [6.07, 6.45) is 0. The molecule has 6 heteroatoms. The Morgan fingerprint density at radius 1 is 1.12 bits per heavy atom. The molecular formula is C19H20Cl2N2O2. The van der Waals surface area contributed by atoms with E-state index in [0.717, 1.165) is 38.4 Å². The minimum absolute atomic E-state index is 0.126. The van der Waals surface area contributed by atoms with Crippen LogP contribution in [0.5, 0.6) is 0 Å². The Balaban J connectivity index is 1.77. The number of halogens is 2. The van der Waals surface area contributed by atoms with Crippen LogP contribution in [0.1, 0.15) is 22.0 Å². The van der Waals surface area contributed by atoms with Gasteiger partial charge >= 0.3 is 0 Å². The van der Waals surface area contributed by atoms with Crippen molar-refractivity contribution in [2.24, 2.45) is 0 Å². The quantitative estimate of drug-likeness (QED) is 0.860. The van der Waals surface area contributed by atoms with Crippen molar-refractivity contribution < 1.29 is 9.53 Å². The van der Waals surface area contributed by atoms with Gasteiger partial charge in [-0.2, -0.15) is 0 Å². The van der Waals surface area contributed by atoms with Gasteiger partial charge in [-0.25, -0.2) is 0 Å². The predicted molar refractivity (Wildman–Crippen MR) is 100 cm³/mol. The van der Waals surface area contributed by atoms with Gasteiger partial charge < -0.3 is 10.1 Å². The van der Waals surface area contributed by atoms with E-state index in [-0.39, 0.29) is 11.9 Å². The molecule has 4 nitrogen and oxygen atoms in total. The van der Waals surface area contributed by atoms with Crippen LogP contribution in [0.15, 0.2) is 48.5 Å². The molecule has 1 amide bonds. The summed E-state index contributed by atoms with van der Waals surface area (Å²) in [4.78, 5) is 15.0. The molecule has 3 rings (SSSR count). The SMILES string of the molecule is O=C(NC(CN1CCOCC1)c1ccccc1)c1ccc(Cl)cc1Cl.